The Morgan fingerprint density at radius 1 is 1.10 bits per heavy atom. The number of aryl methyl sites for hydroxylation is 3. The van der Waals surface area contributed by atoms with Crippen LogP contribution in [0.25, 0.3) is 11.0 Å². The lowest BCUT2D eigenvalue weighted by atomic mass is 10.0. The number of rotatable bonds is 9. The zero-order valence-corrected chi connectivity index (χ0v) is 22.9. The van der Waals surface area contributed by atoms with E-state index in [1.54, 1.807) is 12.1 Å². The number of amidine groups is 1. The van der Waals surface area contributed by atoms with Crippen LogP contribution in [0.15, 0.2) is 42.5 Å². The van der Waals surface area contributed by atoms with Crippen molar-refractivity contribution in [2.75, 3.05) is 13.1 Å². The molecule has 210 valence electrons. The minimum Gasteiger partial charge on any atom is -0.436 e. The molecule has 2 aliphatic heterocycles. The zero-order valence-electron chi connectivity index (χ0n) is 22.9. The molecule has 40 heavy (non-hydrogen) atoms. The fourth-order valence-corrected chi connectivity index (χ4v) is 5.41. The number of nitrogens with one attached hydrogen (secondary N) is 2. The number of carbonyl (C=O) groups is 3. The highest BCUT2D eigenvalue weighted by Crippen LogP contribution is 2.25. The van der Waals surface area contributed by atoms with Crippen LogP contribution in [0.3, 0.4) is 0 Å². The number of hydrazine groups is 1. The Kier molecular flexibility index (Phi) is 7.83. The number of carbonyl (C=O) groups excluding carboxylic acids is 3. The summed E-state index contributed by atoms with van der Waals surface area (Å²) >= 11 is 0. The third-order valence-corrected chi connectivity index (χ3v) is 7.73. The molecule has 0 spiro atoms. The van der Waals surface area contributed by atoms with E-state index in [4.69, 9.17) is 20.9 Å². The molecule has 2 fully saturated rings. The molecule has 3 aromatic rings. The van der Waals surface area contributed by atoms with E-state index in [1.807, 2.05) is 53.9 Å². The normalized spacial score (nSPS) is 18.4. The third kappa shape index (κ3) is 5.55. The molecule has 0 radical (unpaired) electrons. The number of aromatic nitrogens is 2. The van der Waals surface area contributed by atoms with Crippen molar-refractivity contribution in [3.63, 3.8) is 0 Å². The fourth-order valence-electron chi connectivity index (χ4n) is 5.41. The molecule has 1 aromatic heterocycles. The van der Waals surface area contributed by atoms with Gasteiger partial charge in [-0.3, -0.25) is 20.4 Å². The van der Waals surface area contributed by atoms with E-state index in [1.165, 1.54) is 4.90 Å². The first-order valence-corrected chi connectivity index (χ1v) is 13.7. The standard InChI is InChI=1S/C29H35N7O4/c1-3-4-24-28(38)36(29(39)40-24)21-13-15-35(16-14-21)33-27(37)20-10-11-23-22(17-20)32-25(34(23)2)12-7-18-5-8-19(9-6-18)26(30)31/h5-6,8-11,17,21,24H,3-4,7,12-16H2,1-2H3,(H3,30,31)(H,33,37). The lowest BCUT2D eigenvalue weighted by Crippen LogP contribution is -2.52. The highest BCUT2D eigenvalue weighted by Gasteiger charge is 2.44. The summed E-state index contributed by atoms with van der Waals surface area (Å²) in [4.78, 5) is 44.0. The Morgan fingerprint density at radius 3 is 2.48 bits per heavy atom. The van der Waals surface area contributed by atoms with Crippen molar-refractivity contribution in [3.8, 4) is 0 Å². The summed E-state index contributed by atoms with van der Waals surface area (Å²) in [6.45, 7) is 3.00. The predicted molar refractivity (Wildman–Crippen MR) is 150 cm³/mol. The van der Waals surface area contributed by atoms with E-state index in [0.717, 1.165) is 41.7 Å². The molecule has 11 heteroatoms. The van der Waals surface area contributed by atoms with Crippen LogP contribution < -0.4 is 11.2 Å². The molecule has 3 heterocycles. The summed E-state index contributed by atoms with van der Waals surface area (Å²) < 4.78 is 7.30. The minimum absolute atomic E-state index is 0.0527. The van der Waals surface area contributed by atoms with Gasteiger partial charge in [-0.25, -0.2) is 19.7 Å². The van der Waals surface area contributed by atoms with Gasteiger partial charge in [0, 0.05) is 43.7 Å². The molecule has 11 nitrogen and oxygen atoms in total. The Bertz CT molecular complexity index is 1440. The molecule has 4 N–H and O–H groups in total. The average molecular weight is 546 g/mol. The predicted octanol–water partition coefficient (Wildman–Crippen LogP) is 2.90. The van der Waals surface area contributed by atoms with Gasteiger partial charge in [-0.15, -0.1) is 0 Å². The van der Waals surface area contributed by atoms with Crippen molar-refractivity contribution in [3.05, 3.63) is 65.0 Å². The molecule has 0 aliphatic carbocycles. The lowest BCUT2D eigenvalue weighted by Gasteiger charge is -2.34. The Labute approximate surface area is 232 Å². The first-order valence-electron chi connectivity index (χ1n) is 13.7. The summed E-state index contributed by atoms with van der Waals surface area (Å²) in [5, 5.41) is 9.36. The van der Waals surface area contributed by atoms with Crippen LogP contribution in [0.2, 0.25) is 0 Å². The van der Waals surface area contributed by atoms with Crippen LogP contribution in [0.5, 0.6) is 0 Å². The molecular weight excluding hydrogens is 510 g/mol. The molecule has 5 rings (SSSR count). The van der Waals surface area contributed by atoms with Crippen molar-refractivity contribution >= 4 is 34.8 Å². The van der Waals surface area contributed by atoms with Crippen LogP contribution in [-0.4, -0.2) is 68.4 Å². The quantitative estimate of drug-likeness (QED) is 0.277. The number of hydrogen-bond donors (Lipinski definition) is 3. The van der Waals surface area contributed by atoms with Gasteiger partial charge in [0.05, 0.1) is 11.0 Å². The van der Waals surface area contributed by atoms with E-state index >= 15 is 0 Å². The number of piperidine rings is 1. The number of nitrogens with zero attached hydrogens (tertiary/aromatic N) is 4. The highest BCUT2D eigenvalue weighted by atomic mass is 16.6. The molecular formula is C29H35N7O4. The number of cyclic esters (lactones) is 1. The molecule has 0 saturated carbocycles. The fraction of sp³-hybridized carbons (Fsp3) is 0.414. The van der Waals surface area contributed by atoms with E-state index in [9.17, 15) is 14.4 Å². The summed E-state index contributed by atoms with van der Waals surface area (Å²) in [5.74, 6) is 0.499. The van der Waals surface area contributed by atoms with Gasteiger partial charge in [0.25, 0.3) is 11.8 Å². The van der Waals surface area contributed by atoms with E-state index in [0.29, 0.717) is 43.5 Å². The van der Waals surface area contributed by atoms with Crippen molar-refractivity contribution in [2.45, 2.75) is 57.6 Å². The highest BCUT2D eigenvalue weighted by molar-refractivity contribution is 6.00. The maximum absolute atomic E-state index is 13.0. The van der Waals surface area contributed by atoms with Gasteiger partial charge < -0.3 is 15.0 Å². The number of imide groups is 1. The van der Waals surface area contributed by atoms with E-state index in [-0.39, 0.29) is 23.7 Å². The second kappa shape index (κ2) is 11.5. The Morgan fingerprint density at radius 2 is 1.80 bits per heavy atom. The van der Waals surface area contributed by atoms with Crippen LogP contribution in [0, 0.1) is 5.41 Å². The van der Waals surface area contributed by atoms with Gasteiger partial charge in [-0.1, -0.05) is 37.6 Å². The zero-order chi connectivity index (χ0) is 28.4. The average Bonchev–Trinajstić information content (AvgIpc) is 3.42. The van der Waals surface area contributed by atoms with Gasteiger partial charge in [-0.05, 0) is 49.4 Å². The van der Waals surface area contributed by atoms with Gasteiger partial charge in [0.2, 0.25) is 0 Å². The van der Waals surface area contributed by atoms with Crippen molar-refractivity contribution in [1.82, 2.24) is 24.9 Å². The van der Waals surface area contributed by atoms with Gasteiger partial charge >= 0.3 is 6.09 Å². The topological polar surface area (TPSA) is 147 Å². The summed E-state index contributed by atoms with van der Waals surface area (Å²) in [7, 11) is 1.97. The smallest absolute Gasteiger partial charge is 0.417 e. The van der Waals surface area contributed by atoms with Crippen LogP contribution in [0.4, 0.5) is 4.79 Å². The monoisotopic (exact) mass is 545 g/mol. The number of amides is 3. The first kappa shape index (κ1) is 27.3. The second-order valence-electron chi connectivity index (χ2n) is 10.4. The van der Waals surface area contributed by atoms with Gasteiger partial charge in [0.1, 0.15) is 11.7 Å². The van der Waals surface area contributed by atoms with Crippen molar-refractivity contribution < 1.29 is 19.1 Å². The summed E-state index contributed by atoms with van der Waals surface area (Å²) in [6, 6.07) is 12.9. The maximum Gasteiger partial charge on any atom is 0.417 e. The number of benzene rings is 2. The second-order valence-corrected chi connectivity index (χ2v) is 10.4. The van der Waals surface area contributed by atoms with E-state index < -0.39 is 12.2 Å². The molecule has 2 saturated heterocycles. The van der Waals surface area contributed by atoms with Gasteiger partial charge in [-0.2, -0.15) is 0 Å². The van der Waals surface area contributed by atoms with Crippen LogP contribution in [-0.2, 0) is 29.4 Å². The van der Waals surface area contributed by atoms with Crippen LogP contribution >= 0.6 is 0 Å². The summed E-state index contributed by atoms with van der Waals surface area (Å²) in [5.41, 5.74) is 12.5. The number of fused-ring (bicyclic) bond motifs is 1. The number of hydrogen-bond acceptors (Lipinski definition) is 7. The largest absolute Gasteiger partial charge is 0.436 e. The molecule has 2 aliphatic rings. The number of imidazole rings is 1. The maximum atomic E-state index is 13.0. The minimum atomic E-state index is -0.670. The molecule has 0 bridgehead atoms. The Balaban J connectivity index is 1.17. The molecule has 2 aromatic carbocycles. The third-order valence-electron chi connectivity index (χ3n) is 7.73. The first-order chi connectivity index (χ1) is 19.2. The summed E-state index contributed by atoms with van der Waals surface area (Å²) in [6.07, 6.45) is 2.74. The molecule has 3 amide bonds. The molecule has 1 atom stereocenters. The van der Waals surface area contributed by atoms with Gasteiger partial charge in [0.15, 0.2) is 6.10 Å². The lowest BCUT2D eigenvalue weighted by molar-refractivity contribution is -0.132. The van der Waals surface area contributed by atoms with Crippen LogP contribution in [0.1, 0.15) is 59.9 Å². The SMILES string of the molecule is CCCC1OC(=O)N(C2CCN(NC(=O)c3ccc4c(c3)nc(CCc3ccc(C(=N)N)cc3)n4C)CC2)C1=O. The number of ether oxygens (including phenoxy) is 1. The van der Waals surface area contributed by atoms with E-state index in [2.05, 4.69) is 5.43 Å². The van der Waals surface area contributed by atoms with Crippen molar-refractivity contribution in [1.29, 1.82) is 5.41 Å². The Hall–Kier alpha value is -4.25. The van der Waals surface area contributed by atoms with Crippen molar-refractivity contribution in [2.24, 2.45) is 12.8 Å². The number of nitrogen functional groups attached to an aromatic ring is 1. The number of nitrogens with two attached hydrogens (primary N) is 1. The molecule has 1 unspecified atom stereocenters.